The highest BCUT2D eigenvalue weighted by Crippen LogP contribution is 2.10. The molecule has 1 aromatic rings. The molecule has 0 aliphatic carbocycles. The fraction of sp³-hybridized carbons (Fsp3) is 0.538. The second-order valence-corrected chi connectivity index (χ2v) is 4.85. The lowest BCUT2D eigenvalue weighted by Crippen LogP contribution is -2.41. The summed E-state index contributed by atoms with van der Waals surface area (Å²) in [6.07, 6.45) is 5.60. The molecule has 2 heterocycles. The van der Waals surface area contributed by atoms with Crippen LogP contribution in [0.5, 0.6) is 0 Å². The fourth-order valence-corrected chi connectivity index (χ4v) is 2.31. The summed E-state index contributed by atoms with van der Waals surface area (Å²) in [4.78, 5) is 18.3. The number of amides is 1. The smallest absolute Gasteiger partial charge is 0.253 e. The average Bonchev–Trinajstić information content (AvgIpc) is 2.82. The van der Waals surface area contributed by atoms with E-state index in [2.05, 4.69) is 15.2 Å². The summed E-state index contributed by atoms with van der Waals surface area (Å²) in [5, 5.41) is 2.98. The maximum Gasteiger partial charge on any atom is 0.253 e. The Balaban J connectivity index is 1.88. The monoisotopic (exact) mass is 248 g/mol. The quantitative estimate of drug-likeness (QED) is 0.829. The number of nitrogens with one attached hydrogen (secondary N) is 1. The second-order valence-electron chi connectivity index (χ2n) is 4.85. The molecule has 1 saturated heterocycles. The first kappa shape index (κ1) is 12.8. The number of nitrogen functional groups attached to an aromatic ring is 1. The van der Waals surface area contributed by atoms with Crippen LogP contribution in [0.1, 0.15) is 30.1 Å². The van der Waals surface area contributed by atoms with E-state index in [1.807, 2.05) is 6.92 Å². The molecule has 1 atom stereocenters. The van der Waals surface area contributed by atoms with Crippen LogP contribution in [-0.4, -0.2) is 41.5 Å². The van der Waals surface area contributed by atoms with Gasteiger partial charge >= 0.3 is 0 Å². The number of rotatable bonds is 4. The van der Waals surface area contributed by atoms with Gasteiger partial charge in [0.15, 0.2) is 0 Å². The minimum atomic E-state index is -0.124. The summed E-state index contributed by atoms with van der Waals surface area (Å²) in [6, 6.07) is 1.77. The van der Waals surface area contributed by atoms with Crippen molar-refractivity contribution < 1.29 is 4.79 Å². The van der Waals surface area contributed by atoms with Gasteiger partial charge in [-0.2, -0.15) is 0 Å². The normalized spacial score (nSPS) is 17.6. The predicted octanol–water partition coefficient (Wildman–Crippen LogP) is 0.878. The van der Waals surface area contributed by atoms with Crippen LogP contribution in [0.4, 0.5) is 5.69 Å². The molecular weight excluding hydrogens is 228 g/mol. The van der Waals surface area contributed by atoms with Crippen molar-refractivity contribution >= 4 is 11.6 Å². The Morgan fingerprint density at radius 2 is 2.28 bits per heavy atom. The third kappa shape index (κ3) is 3.20. The molecule has 2 rings (SSSR count). The highest BCUT2D eigenvalue weighted by Gasteiger charge is 2.17. The Kier molecular flexibility index (Phi) is 4.15. The molecule has 1 aliphatic rings. The number of carbonyl (C=O) groups excluding carboxylic acids is 1. The van der Waals surface area contributed by atoms with E-state index in [9.17, 15) is 4.79 Å². The van der Waals surface area contributed by atoms with Crippen molar-refractivity contribution in [3.05, 3.63) is 24.0 Å². The van der Waals surface area contributed by atoms with Gasteiger partial charge < -0.3 is 16.0 Å². The molecule has 0 aromatic carbocycles. The fourth-order valence-electron chi connectivity index (χ4n) is 2.31. The van der Waals surface area contributed by atoms with Gasteiger partial charge in [-0.3, -0.25) is 9.78 Å². The third-order valence-corrected chi connectivity index (χ3v) is 3.20. The first-order valence-corrected chi connectivity index (χ1v) is 6.39. The van der Waals surface area contributed by atoms with Gasteiger partial charge in [0.25, 0.3) is 5.91 Å². The lowest BCUT2D eigenvalue weighted by atomic mass is 10.2. The summed E-state index contributed by atoms with van der Waals surface area (Å²) in [5.74, 6) is -0.124. The van der Waals surface area contributed by atoms with Gasteiger partial charge in [-0.15, -0.1) is 0 Å². The Morgan fingerprint density at radius 3 is 2.94 bits per heavy atom. The SMILES string of the molecule is CC(CN1CCCC1)NC(=O)c1ccncc1N. The van der Waals surface area contributed by atoms with Crippen LogP contribution >= 0.6 is 0 Å². The van der Waals surface area contributed by atoms with Crippen molar-refractivity contribution in [2.75, 3.05) is 25.4 Å². The first-order chi connectivity index (χ1) is 8.66. The van der Waals surface area contributed by atoms with E-state index in [0.29, 0.717) is 11.3 Å². The molecule has 1 amide bonds. The molecule has 1 aromatic heterocycles. The van der Waals surface area contributed by atoms with E-state index in [0.717, 1.165) is 19.6 Å². The number of hydrogen-bond donors (Lipinski definition) is 2. The third-order valence-electron chi connectivity index (χ3n) is 3.20. The molecule has 1 unspecified atom stereocenters. The summed E-state index contributed by atoms with van der Waals surface area (Å²) in [6.45, 7) is 5.19. The summed E-state index contributed by atoms with van der Waals surface area (Å²) in [5.41, 5.74) is 6.65. The number of likely N-dealkylation sites (tertiary alicyclic amines) is 1. The van der Waals surface area contributed by atoms with Crippen molar-refractivity contribution in [2.24, 2.45) is 0 Å². The molecule has 0 bridgehead atoms. The number of carbonyl (C=O) groups is 1. The van der Waals surface area contributed by atoms with Crippen molar-refractivity contribution in [3.8, 4) is 0 Å². The Bertz CT molecular complexity index is 415. The van der Waals surface area contributed by atoms with Crippen molar-refractivity contribution in [3.63, 3.8) is 0 Å². The largest absolute Gasteiger partial charge is 0.397 e. The molecule has 1 fully saturated rings. The van der Waals surface area contributed by atoms with Gasteiger partial charge in [-0.1, -0.05) is 0 Å². The minimum absolute atomic E-state index is 0.124. The number of anilines is 1. The summed E-state index contributed by atoms with van der Waals surface area (Å²) >= 11 is 0. The molecular formula is C13H20N4O. The van der Waals surface area contributed by atoms with Gasteiger partial charge in [0, 0.05) is 18.8 Å². The van der Waals surface area contributed by atoms with Gasteiger partial charge in [0.1, 0.15) is 0 Å². The molecule has 0 saturated carbocycles. The maximum absolute atomic E-state index is 12.0. The molecule has 18 heavy (non-hydrogen) atoms. The van der Waals surface area contributed by atoms with Crippen LogP contribution in [-0.2, 0) is 0 Å². The number of hydrogen-bond acceptors (Lipinski definition) is 4. The molecule has 3 N–H and O–H groups in total. The van der Waals surface area contributed by atoms with Gasteiger partial charge in [-0.25, -0.2) is 0 Å². The number of nitrogens with two attached hydrogens (primary N) is 1. The van der Waals surface area contributed by atoms with Gasteiger partial charge in [0.2, 0.25) is 0 Å². The molecule has 1 aliphatic heterocycles. The zero-order valence-corrected chi connectivity index (χ0v) is 10.7. The van der Waals surface area contributed by atoms with Crippen molar-refractivity contribution in [1.29, 1.82) is 0 Å². The van der Waals surface area contributed by atoms with Crippen LogP contribution in [0.3, 0.4) is 0 Å². The zero-order chi connectivity index (χ0) is 13.0. The van der Waals surface area contributed by atoms with E-state index >= 15 is 0 Å². The lowest BCUT2D eigenvalue weighted by molar-refractivity contribution is 0.0932. The summed E-state index contributed by atoms with van der Waals surface area (Å²) < 4.78 is 0. The molecule has 5 nitrogen and oxygen atoms in total. The number of pyridine rings is 1. The summed E-state index contributed by atoms with van der Waals surface area (Å²) in [7, 11) is 0. The Morgan fingerprint density at radius 1 is 1.56 bits per heavy atom. The zero-order valence-electron chi connectivity index (χ0n) is 10.7. The second kappa shape index (κ2) is 5.82. The van der Waals surface area contributed by atoms with E-state index in [-0.39, 0.29) is 11.9 Å². The lowest BCUT2D eigenvalue weighted by Gasteiger charge is -2.21. The highest BCUT2D eigenvalue weighted by atomic mass is 16.1. The maximum atomic E-state index is 12.0. The van der Waals surface area contributed by atoms with Crippen LogP contribution < -0.4 is 11.1 Å². The topological polar surface area (TPSA) is 71.2 Å². The molecule has 98 valence electrons. The highest BCUT2D eigenvalue weighted by molar-refractivity contribution is 5.98. The van der Waals surface area contributed by atoms with E-state index in [4.69, 9.17) is 5.73 Å². The van der Waals surface area contributed by atoms with E-state index < -0.39 is 0 Å². The van der Waals surface area contributed by atoms with E-state index in [1.54, 1.807) is 12.3 Å². The first-order valence-electron chi connectivity index (χ1n) is 6.39. The molecule has 0 spiro atoms. The Hall–Kier alpha value is -1.62. The van der Waals surface area contributed by atoms with Crippen molar-refractivity contribution in [2.45, 2.75) is 25.8 Å². The number of aromatic nitrogens is 1. The van der Waals surface area contributed by atoms with Gasteiger partial charge in [0.05, 0.1) is 17.4 Å². The predicted molar refractivity (Wildman–Crippen MR) is 71.3 cm³/mol. The standard InChI is InChI=1S/C13H20N4O/c1-10(9-17-6-2-3-7-17)16-13(18)11-4-5-15-8-12(11)14/h4-5,8,10H,2-3,6-7,9,14H2,1H3,(H,16,18). The molecule has 0 radical (unpaired) electrons. The van der Waals surface area contributed by atoms with Crippen molar-refractivity contribution in [1.82, 2.24) is 15.2 Å². The Labute approximate surface area is 107 Å². The van der Waals surface area contributed by atoms with E-state index in [1.165, 1.54) is 19.0 Å². The number of nitrogens with zero attached hydrogens (tertiary/aromatic N) is 2. The average molecular weight is 248 g/mol. The van der Waals surface area contributed by atoms with Crippen LogP contribution in [0.2, 0.25) is 0 Å². The van der Waals surface area contributed by atoms with Crippen LogP contribution in [0.25, 0.3) is 0 Å². The minimum Gasteiger partial charge on any atom is -0.397 e. The molecule has 5 heteroatoms. The van der Waals surface area contributed by atoms with Gasteiger partial charge in [-0.05, 0) is 38.9 Å². The van der Waals surface area contributed by atoms with Crippen LogP contribution in [0.15, 0.2) is 18.5 Å². The van der Waals surface area contributed by atoms with Crippen LogP contribution in [0, 0.1) is 0 Å².